The molecule has 2 amide bonds. The molecule has 0 bridgehead atoms. The Morgan fingerprint density at radius 1 is 1.45 bits per heavy atom. The summed E-state index contributed by atoms with van der Waals surface area (Å²) in [5.41, 5.74) is 0. The summed E-state index contributed by atoms with van der Waals surface area (Å²) >= 11 is 0. The number of anilines is 1. The molecular formula is C14H19N3O3. The summed E-state index contributed by atoms with van der Waals surface area (Å²) in [6.45, 7) is 2.30. The Bertz CT molecular complexity index is 519. The summed E-state index contributed by atoms with van der Waals surface area (Å²) in [5.74, 6) is 0.746. The maximum absolute atomic E-state index is 12.2. The number of nitrogens with one attached hydrogen (secondary N) is 1. The van der Waals surface area contributed by atoms with Gasteiger partial charge in [-0.15, -0.1) is 0 Å². The highest BCUT2D eigenvalue weighted by Crippen LogP contribution is 2.29. The number of carbonyl (C=O) groups is 2. The first-order chi connectivity index (χ1) is 9.63. The minimum atomic E-state index is -0.278. The third-order valence-corrected chi connectivity index (χ3v) is 4.17. The molecule has 108 valence electrons. The van der Waals surface area contributed by atoms with Gasteiger partial charge in [0.1, 0.15) is 5.76 Å². The molecule has 0 radical (unpaired) electrons. The molecule has 2 heterocycles. The summed E-state index contributed by atoms with van der Waals surface area (Å²) < 4.78 is 4.91. The fourth-order valence-corrected chi connectivity index (χ4v) is 3.13. The van der Waals surface area contributed by atoms with Crippen LogP contribution in [0.3, 0.4) is 0 Å². The Morgan fingerprint density at radius 3 is 2.85 bits per heavy atom. The van der Waals surface area contributed by atoms with Crippen LogP contribution >= 0.6 is 0 Å². The van der Waals surface area contributed by atoms with E-state index < -0.39 is 0 Å². The van der Waals surface area contributed by atoms with E-state index in [4.69, 9.17) is 4.52 Å². The van der Waals surface area contributed by atoms with Crippen LogP contribution in [0.15, 0.2) is 10.6 Å². The molecule has 1 N–H and O–H groups in total. The first kappa shape index (κ1) is 13.1. The first-order valence-electron chi connectivity index (χ1n) is 7.17. The molecule has 1 aliphatic heterocycles. The Morgan fingerprint density at radius 2 is 2.20 bits per heavy atom. The third kappa shape index (κ3) is 2.55. The normalized spacial score (nSPS) is 23.6. The molecule has 6 nitrogen and oxygen atoms in total. The lowest BCUT2D eigenvalue weighted by Gasteiger charge is -2.23. The molecule has 1 aromatic heterocycles. The fraction of sp³-hybridized carbons (Fsp3) is 0.643. The molecule has 1 aromatic rings. The van der Waals surface area contributed by atoms with E-state index in [1.807, 2.05) is 4.90 Å². The topological polar surface area (TPSA) is 75.4 Å². The van der Waals surface area contributed by atoms with Gasteiger partial charge in [0.15, 0.2) is 5.82 Å². The lowest BCUT2D eigenvalue weighted by molar-refractivity contribution is -0.129. The predicted molar refractivity (Wildman–Crippen MR) is 71.9 cm³/mol. The number of aromatic nitrogens is 1. The highest BCUT2D eigenvalue weighted by molar-refractivity contribution is 5.96. The van der Waals surface area contributed by atoms with Crippen molar-refractivity contribution in [3.05, 3.63) is 11.8 Å². The summed E-state index contributed by atoms with van der Waals surface area (Å²) in [4.78, 5) is 26.1. The van der Waals surface area contributed by atoms with Crippen molar-refractivity contribution in [2.24, 2.45) is 5.92 Å². The molecule has 0 aromatic carbocycles. The maximum Gasteiger partial charge on any atom is 0.231 e. The van der Waals surface area contributed by atoms with Gasteiger partial charge in [0.2, 0.25) is 11.8 Å². The molecular weight excluding hydrogens is 258 g/mol. The number of carbonyl (C=O) groups excluding carboxylic acids is 2. The second-order valence-corrected chi connectivity index (χ2v) is 5.70. The van der Waals surface area contributed by atoms with E-state index in [1.54, 1.807) is 13.0 Å². The van der Waals surface area contributed by atoms with Crippen molar-refractivity contribution < 1.29 is 14.1 Å². The zero-order valence-electron chi connectivity index (χ0n) is 11.6. The SMILES string of the molecule is Cc1cc(NC(=O)C2CC(=O)N(C3CCCC3)C2)no1. The quantitative estimate of drug-likeness (QED) is 0.912. The van der Waals surface area contributed by atoms with Gasteiger partial charge in [-0.2, -0.15) is 0 Å². The molecule has 1 saturated heterocycles. The monoisotopic (exact) mass is 277 g/mol. The maximum atomic E-state index is 12.2. The summed E-state index contributed by atoms with van der Waals surface area (Å²) in [7, 11) is 0. The smallest absolute Gasteiger partial charge is 0.231 e. The number of hydrogen-bond acceptors (Lipinski definition) is 4. The van der Waals surface area contributed by atoms with Crippen LogP contribution in [0.4, 0.5) is 5.82 Å². The van der Waals surface area contributed by atoms with Crippen LogP contribution in [-0.4, -0.2) is 34.5 Å². The van der Waals surface area contributed by atoms with Crippen LogP contribution < -0.4 is 5.32 Å². The number of nitrogens with zero attached hydrogens (tertiary/aromatic N) is 2. The summed E-state index contributed by atoms with van der Waals surface area (Å²) in [6.07, 6.45) is 4.82. The average Bonchev–Trinajstić information content (AvgIpc) is 3.10. The molecule has 1 unspecified atom stereocenters. The number of amides is 2. The second kappa shape index (κ2) is 5.26. The molecule has 0 spiro atoms. The lowest BCUT2D eigenvalue weighted by Crippen LogP contribution is -2.35. The van der Waals surface area contributed by atoms with Gasteiger partial charge in [0, 0.05) is 25.1 Å². The van der Waals surface area contributed by atoms with Crippen molar-refractivity contribution in [3.8, 4) is 0 Å². The first-order valence-corrected chi connectivity index (χ1v) is 7.17. The van der Waals surface area contributed by atoms with Crippen LogP contribution in [-0.2, 0) is 9.59 Å². The zero-order chi connectivity index (χ0) is 14.1. The van der Waals surface area contributed by atoms with Crippen molar-refractivity contribution in [1.29, 1.82) is 0 Å². The zero-order valence-corrected chi connectivity index (χ0v) is 11.6. The molecule has 1 aliphatic carbocycles. The van der Waals surface area contributed by atoms with E-state index in [2.05, 4.69) is 10.5 Å². The molecule has 2 fully saturated rings. The number of rotatable bonds is 3. The Hall–Kier alpha value is -1.85. The van der Waals surface area contributed by atoms with Gasteiger partial charge >= 0.3 is 0 Å². The van der Waals surface area contributed by atoms with E-state index >= 15 is 0 Å². The van der Waals surface area contributed by atoms with E-state index in [0.29, 0.717) is 30.6 Å². The van der Waals surface area contributed by atoms with Gasteiger partial charge in [-0.1, -0.05) is 18.0 Å². The van der Waals surface area contributed by atoms with E-state index in [-0.39, 0.29) is 17.7 Å². The van der Waals surface area contributed by atoms with Crippen molar-refractivity contribution in [2.45, 2.75) is 45.1 Å². The standard InChI is InChI=1S/C14H19N3O3/c1-9-6-12(16-20-9)15-14(19)10-7-13(18)17(8-10)11-4-2-3-5-11/h6,10-11H,2-5,7-8H2,1H3,(H,15,16,19). The third-order valence-electron chi connectivity index (χ3n) is 4.17. The van der Waals surface area contributed by atoms with Crippen molar-refractivity contribution in [1.82, 2.24) is 10.1 Å². The number of likely N-dealkylation sites (tertiary alicyclic amines) is 1. The minimum absolute atomic E-state index is 0.105. The number of aryl methyl sites for hydroxylation is 1. The van der Waals surface area contributed by atoms with Gasteiger partial charge in [-0.25, -0.2) is 0 Å². The molecule has 3 rings (SSSR count). The Labute approximate surface area is 117 Å². The van der Waals surface area contributed by atoms with E-state index in [9.17, 15) is 9.59 Å². The van der Waals surface area contributed by atoms with Crippen LogP contribution in [0.1, 0.15) is 37.9 Å². The van der Waals surface area contributed by atoms with Gasteiger partial charge in [0.25, 0.3) is 0 Å². The highest BCUT2D eigenvalue weighted by atomic mass is 16.5. The van der Waals surface area contributed by atoms with Gasteiger partial charge in [-0.05, 0) is 19.8 Å². The molecule has 1 saturated carbocycles. The Kier molecular flexibility index (Phi) is 3.46. The second-order valence-electron chi connectivity index (χ2n) is 5.70. The summed E-state index contributed by atoms with van der Waals surface area (Å²) in [5, 5.41) is 6.45. The lowest BCUT2D eigenvalue weighted by atomic mass is 10.1. The molecule has 20 heavy (non-hydrogen) atoms. The fourth-order valence-electron chi connectivity index (χ4n) is 3.13. The van der Waals surface area contributed by atoms with Crippen LogP contribution in [0.2, 0.25) is 0 Å². The van der Waals surface area contributed by atoms with Crippen molar-refractivity contribution in [2.75, 3.05) is 11.9 Å². The van der Waals surface area contributed by atoms with Gasteiger partial charge in [-0.3, -0.25) is 9.59 Å². The van der Waals surface area contributed by atoms with Crippen molar-refractivity contribution >= 4 is 17.6 Å². The van der Waals surface area contributed by atoms with Gasteiger partial charge in [0.05, 0.1) is 5.92 Å². The number of hydrogen-bond donors (Lipinski definition) is 1. The molecule has 1 atom stereocenters. The summed E-state index contributed by atoms with van der Waals surface area (Å²) in [6, 6.07) is 2.01. The van der Waals surface area contributed by atoms with Crippen LogP contribution in [0, 0.1) is 12.8 Å². The van der Waals surface area contributed by atoms with Crippen LogP contribution in [0.5, 0.6) is 0 Å². The average molecular weight is 277 g/mol. The minimum Gasteiger partial charge on any atom is -0.360 e. The highest BCUT2D eigenvalue weighted by Gasteiger charge is 2.38. The van der Waals surface area contributed by atoms with E-state index in [0.717, 1.165) is 12.8 Å². The Balaban J connectivity index is 1.60. The van der Waals surface area contributed by atoms with Gasteiger partial charge < -0.3 is 14.7 Å². The molecule has 6 heteroatoms. The molecule has 2 aliphatic rings. The van der Waals surface area contributed by atoms with E-state index in [1.165, 1.54) is 12.8 Å². The van der Waals surface area contributed by atoms with Crippen LogP contribution in [0.25, 0.3) is 0 Å². The van der Waals surface area contributed by atoms with Crippen molar-refractivity contribution in [3.63, 3.8) is 0 Å². The predicted octanol–water partition coefficient (Wildman–Crippen LogP) is 1.71. The largest absolute Gasteiger partial charge is 0.360 e.